The van der Waals surface area contributed by atoms with Crippen molar-refractivity contribution in [1.82, 2.24) is 4.98 Å². The fourth-order valence-electron chi connectivity index (χ4n) is 1.41. The van der Waals surface area contributed by atoms with Crippen LogP contribution in [0.1, 0.15) is 0 Å². The SMILES string of the molecule is Nc1ccnc(N)c1-c1ccccc1. The van der Waals surface area contributed by atoms with E-state index in [1.807, 2.05) is 30.3 Å². The molecule has 0 aliphatic rings. The largest absolute Gasteiger partial charge is 0.398 e. The maximum absolute atomic E-state index is 5.83. The number of hydrogen-bond acceptors (Lipinski definition) is 3. The average molecular weight is 185 g/mol. The molecule has 0 aliphatic carbocycles. The van der Waals surface area contributed by atoms with Gasteiger partial charge in [-0.1, -0.05) is 30.3 Å². The van der Waals surface area contributed by atoms with Crippen LogP contribution in [0.3, 0.4) is 0 Å². The van der Waals surface area contributed by atoms with E-state index >= 15 is 0 Å². The van der Waals surface area contributed by atoms with Crippen molar-refractivity contribution in [2.75, 3.05) is 11.5 Å². The molecule has 0 amide bonds. The molecule has 0 spiro atoms. The number of aromatic nitrogens is 1. The van der Waals surface area contributed by atoms with E-state index in [1.54, 1.807) is 12.3 Å². The van der Waals surface area contributed by atoms with E-state index in [2.05, 4.69) is 4.98 Å². The topological polar surface area (TPSA) is 64.9 Å². The third-order valence-electron chi connectivity index (χ3n) is 2.07. The lowest BCUT2D eigenvalue weighted by Gasteiger charge is -2.07. The zero-order valence-electron chi connectivity index (χ0n) is 7.64. The van der Waals surface area contributed by atoms with Gasteiger partial charge in [0.25, 0.3) is 0 Å². The lowest BCUT2D eigenvalue weighted by Crippen LogP contribution is -1.98. The fourth-order valence-corrected chi connectivity index (χ4v) is 1.41. The number of benzene rings is 1. The molecule has 0 bridgehead atoms. The normalized spacial score (nSPS) is 10.0. The van der Waals surface area contributed by atoms with Crippen molar-refractivity contribution in [3.05, 3.63) is 42.6 Å². The van der Waals surface area contributed by atoms with Crippen LogP contribution in [0.2, 0.25) is 0 Å². The summed E-state index contributed by atoms with van der Waals surface area (Å²) in [6, 6.07) is 11.5. The second-order valence-electron chi connectivity index (χ2n) is 3.03. The first kappa shape index (κ1) is 8.56. The highest BCUT2D eigenvalue weighted by molar-refractivity contribution is 5.84. The number of nitrogens with two attached hydrogens (primary N) is 2. The number of anilines is 2. The third-order valence-corrected chi connectivity index (χ3v) is 2.07. The third kappa shape index (κ3) is 1.40. The minimum atomic E-state index is 0.469. The van der Waals surface area contributed by atoms with E-state index in [0.717, 1.165) is 11.1 Å². The Balaban J connectivity index is 2.63. The highest BCUT2D eigenvalue weighted by atomic mass is 14.8. The number of nitrogen functional groups attached to an aromatic ring is 2. The van der Waals surface area contributed by atoms with E-state index in [0.29, 0.717) is 11.5 Å². The Morgan fingerprint density at radius 2 is 1.64 bits per heavy atom. The van der Waals surface area contributed by atoms with Crippen LogP contribution >= 0.6 is 0 Å². The highest BCUT2D eigenvalue weighted by Gasteiger charge is 2.06. The molecule has 2 aromatic rings. The van der Waals surface area contributed by atoms with Crippen LogP contribution in [0.25, 0.3) is 11.1 Å². The summed E-state index contributed by atoms with van der Waals surface area (Å²) in [5.74, 6) is 0.469. The van der Waals surface area contributed by atoms with Gasteiger partial charge < -0.3 is 11.5 Å². The van der Waals surface area contributed by atoms with Crippen LogP contribution < -0.4 is 11.5 Å². The second-order valence-corrected chi connectivity index (χ2v) is 3.03. The van der Waals surface area contributed by atoms with Crippen molar-refractivity contribution >= 4 is 11.5 Å². The van der Waals surface area contributed by atoms with Gasteiger partial charge in [0.2, 0.25) is 0 Å². The van der Waals surface area contributed by atoms with Crippen LogP contribution in [0.5, 0.6) is 0 Å². The molecule has 14 heavy (non-hydrogen) atoms. The number of nitrogens with zero attached hydrogens (tertiary/aromatic N) is 1. The van der Waals surface area contributed by atoms with E-state index in [9.17, 15) is 0 Å². The predicted molar refractivity (Wildman–Crippen MR) is 58.5 cm³/mol. The maximum Gasteiger partial charge on any atom is 0.133 e. The number of pyridine rings is 1. The fraction of sp³-hybridized carbons (Fsp3) is 0. The van der Waals surface area contributed by atoms with Gasteiger partial charge in [-0.3, -0.25) is 0 Å². The van der Waals surface area contributed by atoms with E-state index in [-0.39, 0.29) is 0 Å². The molecule has 0 atom stereocenters. The molecule has 1 heterocycles. The molecular formula is C11H11N3. The van der Waals surface area contributed by atoms with Gasteiger partial charge >= 0.3 is 0 Å². The molecule has 0 unspecified atom stereocenters. The Bertz CT molecular complexity index is 417. The van der Waals surface area contributed by atoms with Gasteiger partial charge in [-0.15, -0.1) is 0 Å². The Morgan fingerprint density at radius 1 is 0.929 bits per heavy atom. The van der Waals surface area contributed by atoms with E-state index in [4.69, 9.17) is 11.5 Å². The van der Waals surface area contributed by atoms with Gasteiger partial charge in [0.05, 0.1) is 0 Å². The monoisotopic (exact) mass is 185 g/mol. The summed E-state index contributed by atoms with van der Waals surface area (Å²) in [5.41, 5.74) is 14.1. The summed E-state index contributed by atoms with van der Waals surface area (Å²) in [6.45, 7) is 0. The first-order valence-electron chi connectivity index (χ1n) is 4.34. The molecule has 3 heteroatoms. The molecule has 3 nitrogen and oxygen atoms in total. The van der Waals surface area contributed by atoms with Crippen LogP contribution in [0, 0.1) is 0 Å². The van der Waals surface area contributed by atoms with Crippen LogP contribution in [0.4, 0.5) is 11.5 Å². The van der Waals surface area contributed by atoms with Crippen LogP contribution in [0.15, 0.2) is 42.6 Å². The van der Waals surface area contributed by atoms with Gasteiger partial charge in [0.15, 0.2) is 0 Å². The summed E-state index contributed by atoms with van der Waals surface area (Å²) >= 11 is 0. The van der Waals surface area contributed by atoms with Crippen LogP contribution in [-0.4, -0.2) is 4.98 Å². The van der Waals surface area contributed by atoms with Gasteiger partial charge in [-0.05, 0) is 11.6 Å². The smallest absolute Gasteiger partial charge is 0.133 e. The Labute approximate surface area is 82.4 Å². The van der Waals surface area contributed by atoms with Crippen molar-refractivity contribution < 1.29 is 0 Å². The summed E-state index contributed by atoms with van der Waals surface area (Å²) in [4.78, 5) is 4.01. The molecular weight excluding hydrogens is 174 g/mol. The van der Waals surface area contributed by atoms with Crippen molar-refractivity contribution in [1.29, 1.82) is 0 Å². The average Bonchev–Trinajstić information content (AvgIpc) is 2.19. The minimum Gasteiger partial charge on any atom is -0.398 e. The van der Waals surface area contributed by atoms with Crippen molar-refractivity contribution in [3.63, 3.8) is 0 Å². The summed E-state index contributed by atoms with van der Waals surface area (Å²) in [5, 5.41) is 0. The molecule has 1 aromatic heterocycles. The van der Waals surface area contributed by atoms with Gasteiger partial charge in [-0.2, -0.15) is 0 Å². The molecule has 70 valence electrons. The Hall–Kier alpha value is -2.03. The summed E-state index contributed by atoms with van der Waals surface area (Å²) < 4.78 is 0. The van der Waals surface area contributed by atoms with Gasteiger partial charge in [0.1, 0.15) is 5.82 Å². The van der Waals surface area contributed by atoms with Gasteiger partial charge in [0, 0.05) is 17.4 Å². The molecule has 0 saturated heterocycles. The molecule has 2 rings (SSSR count). The molecule has 4 N–H and O–H groups in total. The van der Waals surface area contributed by atoms with E-state index in [1.165, 1.54) is 0 Å². The quantitative estimate of drug-likeness (QED) is 0.713. The molecule has 0 saturated carbocycles. The van der Waals surface area contributed by atoms with E-state index < -0.39 is 0 Å². The lowest BCUT2D eigenvalue weighted by atomic mass is 10.1. The first-order chi connectivity index (χ1) is 6.79. The molecule has 0 aliphatic heterocycles. The lowest BCUT2D eigenvalue weighted by molar-refractivity contribution is 1.34. The zero-order chi connectivity index (χ0) is 9.97. The van der Waals surface area contributed by atoms with Gasteiger partial charge in [-0.25, -0.2) is 4.98 Å². The van der Waals surface area contributed by atoms with Crippen molar-refractivity contribution in [2.45, 2.75) is 0 Å². The number of rotatable bonds is 1. The molecule has 1 aromatic carbocycles. The maximum atomic E-state index is 5.83. The van der Waals surface area contributed by atoms with Crippen molar-refractivity contribution in [2.24, 2.45) is 0 Å². The Morgan fingerprint density at radius 3 is 2.29 bits per heavy atom. The summed E-state index contributed by atoms with van der Waals surface area (Å²) in [6.07, 6.45) is 1.61. The standard InChI is InChI=1S/C11H11N3/c12-9-6-7-14-11(13)10(9)8-4-2-1-3-5-8/h1-7H,(H4,12,13,14). The number of hydrogen-bond donors (Lipinski definition) is 2. The first-order valence-corrected chi connectivity index (χ1v) is 4.34. The Kier molecular flexibility index (Phi) is 2.07. The minimum absolute atomic E-state index is 0.469. The summed E-state index contributed by atoms with van der Waals surface area (Å²) in [7, 11) is 0. The zero-order valence-corrected chi connectivity index (χ0v) is 7.64. The second kappa shape index (κ2) is 3.38. The molecule has 0 radical (unpaired) electrons. The predicted octanol–water partition coefficient (Wildman–Crippen LogP) is 1.91. The van der Waals surface area contributed by atoms with Crippen LogP contribution in [-0.2, 0) is 0 Å². The van der Waals surface area contributed by atoms with Crippen molar-refractivity contribution in [3.8, 4) is 11.1 Å². The molecule has 0 fully saturated rings. The highest BCUT2D eigenvalue weighted by Crippen LogP contribution is 2.29.